The highest BCUT2D eigenvalue weighted by Crippen LogP contribution is 2.34. The summed E-state index contributed by atoms with van der Waals surface area (Å²) >= 11 is 4.00. The molecule has 1 aliphatic carbocycles. The average Bonchev–Trinajstić information content (AvgIpc) is 3.15. The van der Waals surface area contributed by atoms with Gasteiger partial charge in [0.2, 0.25) is 5.91 Å². The van der Waals surface area contributed by atoms with Crippen LogP contribution >= 0.6 is 12.6 Å². The number of hydrogen-bond donors (Lipinski definition) is 13. The van der Waals surface area contributed by atoms with Crippen molar-refractivity contribution in [1.29, 1.82) is 0 Å². The van der Waals surface area contributed by atoms with Crippen molar-refractivity contribution in [3.05, 3.63) is 0 Å². The van der Waals surface area contributed by atoms with Crippen molar-refractivity contribution in [2.24, 2.45) is 22.9 Å². The molecule has 0 aromatic carbocycles. The number of amides is 1. The number of rotatable bonds is 10. The Balaban J connectivity index is 1.87. The summed E-state index contributed by atoms with van der Waals surface area (Å²) in [4.78, 5) is 10.5. The Morgan fingerprint density at radius 1 is 1.00 bits per heavy atom. The molecule has 8 unspecified atom stereocenters. The highest BCUT2D eigenvalue weighted by atomic mass is 32.1. The highest BCUT2D eigenvalue weighted by molar-refractivity contribution is 7.81. The third kappa shape index (κ3) is 7.22. The molecule has 16 atom stereocenters. The summed E-state index contributed by atoms with van der Waals surface area (Å²) in [6.07, 6.45) is -17.6. The van der Waals surface area contributed by atoms with Crippen LogP contribution in [0.2, 0.25) is 0 Å². The van der Waals surface area contributed by atoms with Gasteiger partial charge in [0.25, 0.3) is 0 Å². The number of nitrogens with two attached hydrogens (primary N) is 4. The minimum Gasteiger partial charge on any atom is -0.388 e. The lowest BCUT2D eigenvalue weighted by atomic mass is 9.83. The van der Waals surface area contributed by atoms with Gasteiger partial charge in [-0.2, -0.15) is 0 Å². The minimum absolute atomic E-state index is 0.0337. The first-order valence-corrected chi connectivity index (χ1v) is 13.4. The van der Waals surface area contributed by atoms with Gasteiger partial charge in [-0.25, -0.2) is 0 Å². The molecule has 3 aliphatic rings. The molecule has 40 heavy (non-hydrogen) atoms. The molecule has 234 valence electrons. The summed E-state index contributed by atoms with van der Waals surface area (Å²) in [7, 11) is 0. The number of ether oxygens (including phenoxy) is 4. The summed E-state index contributed by atoms with van der Waals surface area (Å²) in [5.41, 5.74) is 23.4. The van der Waals surface area contributed by atoms with Gasteiger partial charge in [0.15, 0.2) is 12.6 Å². The third-order valence-electron chi connectivity index (χ3n) is 7.41. The monoisotopic (exact) mass is 601 g/mol. The van der Waals surface area contributed by atoms with Gasteiger partial charge in [0.1, 0.15) is 66.0 Å². The Hall–Kier alpha value is -0.780. The molecule has 1 saturated carbocycles. The van der Waals surface area contributed by atoms with Gasteiger partial charge in [-0.1, -0.05) is 0 Å². The number of nitrogens with one attached hydrogen (secondary N) is 1. The van der Waals surface area contributed by atoms with Crippen LogP contribution < -0.4 is 28.3 Å². The topological polar surface area (TPSA) is 312 Å². The molecule has 1 amide bonds. The first kappa shape index (κ1) is 33.7. The Morgan fingerprint density at radius 2 is 1.62 bits per heavy atom. The van der Waals surface area contributed by atoms with Crippen molar-refractivity contribution in [1.82, 2.24) is 5.32 Å². The molecular formula is C22H43N5O12S. The highest BCUT2D eigenvalue weighted by Gasteiger charge is 2.54. The van der Waals surface area contributed by atoms with Crippen molar-refractivity contribution in [2.45, 2.75) is 116 Å². The van der Waals surface area contributed by atoms with Crippen LogP contribution in [0.25, 0.3) is 0 Å². The van der Waals surface area contributed by atoms with Gasteiger partial charge >= 0.3 is 0 Å². The summed E-state index contributed by atoms with van der Waals surface area (Å²) in [5, 5.41) is 75.6. The van der Waals surface area contributed by atoms with Crippen molar-refractivity contribution in [3.8, 4) is 0 Å². The number of hydrogen-bond acceptors (Lipinski definition) is 17. The Morgan fingerprint density at radius 3 is 2.17 bits per heavy atom. The van der Waals surface area contributed by atoms with Crippen LogP contribution in [-0.4, -0.2) is 151 Å². The van der Waals surface area contributed by atoms with Crippen LogP contribution in [0.15, 0.2) is 0 Å². The number of carbonyl (C=O) groups excluding carboxylic acids is 1. The van der Waals surface area contributed by atoms with Gasteiger partial charge in [-0.3, -0.25) is 4.79 Å². The summed E-state index contributed by atoms with van der Waals surface area (Å²) in [5.74, 6) is -0.816. The zero-order valence-corrected chi connectivity index (χ0v) is 22.8. The molecule has 2 saturated heterocycles. The predicted octanol–water partition coefficient (Wildman–Crippen LogP) is -7.14. The molecule has 2 heterocycles. The smallest absolute Gasteiger partial charge is 0.249 e. The number of thiol groups is 1. The molecule has 0 aromatic heterocycles. The van der Waals surface area contributed by atoms with Crippen molar-refractivity contribution in [3.63, 3.8) is 0 Å². The lowest BCUT2D eigenvalue weighted by Gasteiger charge is -2.49. The molecule has 17 nitrogen and oxygen atoms in total. The van der Waals surface area contributed by atoms with Crippen molar-refractivity contribution >= 4 is 18.5 Å². The van der Waals surface area contributed by atoms with Gasteiger partial charge in [0, 0.05) is 12.6 Å². The third-order valence-corrected chi connectivity index (χ3v) is 7.67. The van der Waals surface area contributed by atoms with E-state index >= 15 is 0 Å². The first-order chi connectivity index (χ1) is 18.6. The maximum absolute atomic E-state index is 12.4. The predicted molar refractivity (Wildman–Crippen MR) is 138 cm³/mol. The Bertz CT molecular complexity index is 844. The van der Waals surface area contributed by atoms with Gasteiger partial charge in [-0.05, 0) is 26.3 Å². The van der Waals surface area contributed by atoms with Crippen molar-refractivity contribution < 1.29 is 59.5 Å². The maximum Gasteiger partial charge on any atom is 0.249 e. The van der Waals surface area contributed by atoms with E-state index < -0.39 is 103 Å². The molecule has 3 fully saturated rings. The van der Waals surface area contributed by atoms with E-state index in [1.54, 1.807) is 0 Å². The van der Waals surface area contributed by atoms with E-state index in [0.29, 0.717) is 0 Å². The number of aliphatic hydroxyl groups is 7. The molecule has 0 aromatic rings. The van der Waals surface area contributed by atoms with E-state index in [-0.39, 0.29) is 25.9 Å². The SMILES string of the molecule is C[C@@](O)(S)C1O[C@H](O[C@@H]2C(N)C[C@@H](NC(=O)[C@@H](O)CCN)C(O)C2O[C@@H]2O[C@H](CN)C(O)C2O)C(N)C(O)[C@@H]1O. The normalized spacial score (nSPS) is 46.5. The summed E-state index contributed by atoms with van der Waals surface area (Å²) < 4.78 is 23.0. The zero-order chi connectivity index (χ0) is 30.1. The lowest BCUT2D eigenvalue weighted by molar-refractivity contribution is -0.318. The Kier molecular flexibility index (Phi) is 11.5. The number of aliphatic hydroxyl groups excluding tert-OH is 6. The van der Waals surface area contributed by atoms with E-state index in [0.717, 1.165) is 0 Å². The second kappa shape index (κ2) is 13.7. The fraction of sp³-hybridized carbons (Fsp3) is 0.955. The fourth-order valence-electron chi connectivity index (χ4n) is 5.07. The summed E-state index contributed by atoms with van der Waals surface area (Å²) in [6, 6.07) is -3.45. The first-order valence-electron chi connectivity index (χ1n) is 13.0. The van der Waals surface area contributed by atoms with Gasteiger partial charge in [-0.15, -0.1) is 12.6 Å². The maximum atomic E-state index is 12.4. The lowest BCUT2D eigenvalue weighted by Crippen LogP contribution is -2.70. The van der Waals surface area contributed by atoms with Gasteiger partial charge in [0.05, 0.1) is 12.1 Å². The van der Waals surface area contributed by atoms with Crippen molar-refractivity contribution in [2.75, 3.05) is 13.1 Å². The molecule has 2 aliphatic heterocycles. The van der Waals surface area contributed by atoms with E-state index in [9.17, 15) is 40.5 Å². The number of carbonyl (C=O) groups is 1. The minimum atomic E-state index is -1.93. The van der Waals surface area contributed by atoms with Crippen LogP contribution in [0.5, 0.6) is 0 Å². The van der Waals surface area contributed by atoms with Crippen LogP contribution in [-0.2, 0) is 23.7 Å². The molecule has 3 rings (SSSR count). The van der Waals surface area contributed by atoms with Crippen LogP contribution in [0.1, 0.15) is 19.8 Å². The second-order valence-corrected chi connectivity index (χ2v) is 11.5. The standard InChI is InChI=1S/C22H43N5O12S/c1-22(35,40)18-14(32)13(31)10(26)20(39-18)37-16-6(25)4-7(27-19(34)8(28)2-3-23)11(29)17(16)38-21-15(33)12(30)9(5-24)36-21/h6-18,20-21,28-33,35,40H,2-5,23-26H2,1H3,(H,27,34)/t6?,7-,8+,9-,10?,11?,12?,13?,14+,15?,16-,17?,18?,20+,21+,22-/m1/s1. The molecular weight excluding hydrogens is 558 g/mol. The molecule has 0 radical (unpaired) electrons. The largest absolute Gasteiger partial charge is 0.388 e. The van der Waals surface area contributed by atoms with Crippen LogP contribution in [0, 0.1) is 0 Å². The molecule has 18 heteroatoms. The average molecular weight is 602 g/mol. The molecule has 0 bridgehead atoms. The molecule has 16 N–H and O–H groups in total. The van der Waals surface area contributed by atoms with E-state index in [1.165, 1.54) is 6.92 Å². The van der Waals surface area contributed by atoms with Crippen LogP contribution in [0.4, 0.5) is 0 Å². The molecule has 0 spiro atoms. The van der Waals surface area contributed by atoms with E-state index in [1.807, 2.05) is 0 Å². The fourth-order valence-corrected chi connectivity index (χ4v) is 5.29. The van der Waals surface area contributed by atoms with Gasteiger partial charge < -0.3 is 82.9 Å². The second-order valence-electron chi connectivity index (χ2n) is 10.6. The van der Waals surface area contributed by atoms with Crippen LogP contribution in [0.3, 0.4) is 0 Å². The summed E-state index contributed by atoms with van der Waals surface area (Å²) in [6.45, 7) is 1.10. The Labute approximate surface area is 236 Å². The van der Waals surface area contributed by atoms with E-state index in [2.05, 4.69) is 17.9 Å². The quantitative estimate of drug-likeness (QED) is 0.0817. The zero-order valence-electron chi connectivity index (χ0n) is 21.9. The van der Waals surface area contributed by atoms with E-state index in [4.69, 9.17) is 41.9 Å².